The molecular formula is C14H22N2OS. The van der Waals surface area contributed by atoms with Gasteiger partial charge in [0.05, 0.1) is 6.04 Å². The standard InChI is InChI=1S/C14H22N2OS/c1-10(13-7-4-8-18-13)16-14(17)12-6-3-2-5-11(12)9-15/h4,7-8,10-12H,2-3,5-6,9,15H2,1H3,(H,16,17)/t10-,11?,12?/m1/s1. The number of hydrogen-bond acceptors (Lipinski definition) is 3. The summed E-state index contributed by atoms with van der Waals surface area (Å²) in [6.45, 7) is 2.68. The average Bonchev–Trinajstić information content (AvgIpc) is 2.92. The van der Waals surface area contributed by atoms with Crippen molar-refractivity contribution in [2.75, 3.05) is 6.54 Å². The lowest BCUT2D eigenvalue weighted by Crippen LogP contribution is -2.40. The van der Waals surface area contributed by atoms with Crippen molar-refractivity contribution >= 4 is 17.2 Å². The molecule has 1 heterocycles. The summed E-state index contributed by atoms with van der Waals surface area (Å²) in [6, 6.07) is 4.20. The normalized spacial score (nSPS) is 25.7. The molecule has 3 nitrogen and oxygen atoms in total. The van der Waals surface area contributed by atoms with Crippen LogP contribution in [0.4, 0.5) is 0 Å². The van der Waals surface area contributed by atoms with E-state index in [0.29, 0.717) is 12.5 Å². The molecule has 0 radical (unpaired) electrons. The zero-order valence-corrected chi connectivity index (χ0v) is 11.7. The number of rotatable bonds is 4. The van der Waals surface area contributed by atoms with Crippen molar-refractivity contribution in [1.29, 1.82) is 0 Å². The van der Waals surface area contributed by atoms with E-state index in [4.69, 9.17) is 5.73 Å². The molecule has 1 saturated carbocycles. The smallest absolute Gasteiger partial charge is 0.223 e. The number of thiophene rings is 1. The average molecular weight is 266 g/mol. The van der Waals surface area contributed by atoms with E-state index >= 15 is 0 Å². The van der Waals surface area contributed by atoms with Crippen LogP contribution in [0.2, 0.25) is 0 Å². The van der Waals surface area contributed by atoms with Crippen LogP contribution in [0.15, 0.2) is 17.5 Å². The molecule has 1 aliphatic carbocycles. The summed E-state index contributed by atoms with van der Waals surface area (Å²) in [7, 11) is 0. The van der Waals surface area contributed by atoms with E-state index in [1.54, 1.807) is 11.3 Å². The predicted octanol–water partition coefficient (Wildman–Crippen LogP) is 2.69. The van der Waals surface area contributed by atoms with E-state index in [-0.39, 0.29) is 17.9 Å². The van der Waals surface area contributed by atoms with E-state index in [1.807, 2.05) is 18.4 Å². The van der Waals surface area contributed by atoms with Gasteiger partial charge in [-0.3, -0.25) is 4.79 Å². The van der Waals surface area contributed by atoms with Gasteiger partial charge in [-0.05, 0) is 43.7 Å². The number of nitrogens with one attached hydrogen (secondary N) is 1. The van der Waals surface area contributed by atoms with Gasteiger partial charge in [0.1, 0.15) is 0 Å². The zero-order chi connectivity index (χ0) is 13.0. The minimum Gasteiger partial charge on any atom is -0.349 e. The largest absolute Gasteiger partial charge is 0.349 e. The highest BCUT2D eigenvalue weighted by molar-refractivity contribution is 7.10. The number of carbonyl (C=O) groups is 1. The lowest BCUT2D eigenvalue weighted by atomic mass is 9.78. The zero-order valence-electron chi connectivity index (χ0n) is 10.9. The second-order valence-corrected chi connectivity index (χ2v) is 6.11. The van der Waals surface area contributed by atoms with Gasteiger partial charge in [0.15, 0.2) is 0 Å². The molecule has 1 aromatic rings. The lowest BCUT2D eigenvalue weighted by molar-refractivity contribution is -0.128. The highest BCUT2D eigenvalue weighted by Gasteiger charge is 2.30. The molecule has 1 fully saturated rings. The summed E-state index contributed by atoms with van der Waals surface area (Å²) in [4.78, 5) is 13.5. The molecule has 0 spiro atoms. The molecule has 3 N–H and O–H groups in total. The van der Waals surface area contributed by atoms with E-state index in [9.17, 15) is 4.79 Å². The first kappa shape index (κ1) is 13.6. The van der Waals surface area contributed by atoms with E-state index in [0.717, 1.165) is 19.3 Å². The van der Waals surface area contributed by atoms with Crippen molar-refractivity contribution in [1.82, 2.24) is 5.32 Å². The van der Waals surface area contributed by atoms with Gasteiger partial charge in [0.2, 0.25) is 5.91 Å². The van der Waals surface area contributed by atoms with Crippen molar-refractivity contribution in [2.24, 2.45) is 17.6 Å². The van der Waals surface area contributed by atoms with Crippen LogP contribution in [-0.4, -0.2) is 12.5 Å². The summed E-state index contributed by atoms with van der Waals surface area (Å²) in [6.07, 6.45) is 4.46. The molecule has 2 rings (SSSR count). The van der Waals surface area contributed by atoms with Crippen molar-refractivity contribution < 1.29 is 4.79 Å². The van der Waals surface area contributed by atoms with E-state index in [1.165, 1.54) is 11.3 Å². The third-order valence-electron chi connectivity index (χ3n) is 3.88. The van der Waals surface area contributed by atoms with Gasteiger partial charge in [-0.2, -0.15) is 0 Å². The van der Waals surface area contributed by atoms with Crippen LogP contribution in [0, 0.1) is 11.8 Å². The maximum absolute atomic E-state index is 12.3. The van der Waals surface area contributed by atoms with Gasteiger partial charge in [-0.1, -0.05) is 18.9 Å². The van der Waals surface area contributed by atoms with Crippen LogP contribution in [0.25, 0.3) is 0 Å². The molecule has 100 valence electrons. The van der Waals surface area contributed by atoms with Gasteiger partial charge in [0, 0.05) is 10.8 Å². The van der Waals surface area contributed by atoms with Gasteiger partial charge in [0.25, 0.3) is 0 Å². The Morgan fingerprint density at radius 1 is 1.56 bits per heavy atom. The van der Waals surface area contributed by atoms with Gasteiger partial charge >= 0.3 is 0 Å². The fourth-order valence-electron chi connectivity index (χ4n) is 2.76. The molecular weight excluding hydrogens is 244 g/mol. The Kier molecular flexibility index (Phi) is 4.78. The third-order valence-corrected chi connectivity index (χ3v) is 4.93. The topological polar surface area (TPSA) is 55.1 Å². The molecule has 0 bridgehead atoms. The summed E-state index contributed by atoms with van der Waals surface area (Å²) in [5, 5.41) is 5.18. The monoisotopic (exact) mass is 266 g/mol. The van der Waals surface area contributed by atoms with Crippen molar-refractivity contribution in [3.8, 4) is 0 Å². The molecule has 1 amide bonds. The van der Waals surface area contributed by atoms with Crippen LogP contribution in [-0.2, 0) is 4.79 Å². The Morgan fingerprint density at radius 3 is 3.00 bits per heavy atom. The molecule has 0 aromatic carbocycles. The second kappa shape index (κ2) is 6.34. The van der Waals surface area contributed by atoms with Gasteiger partial charge in [-0.15, -0.1) is 11.3 Å². The Balaban J connectivity index is 1.94. The lowest BCUT2D eigenvalue weighted by Gasteiger charge is -2.30. The van der Waals surface area contributed by atoms with Crippen LogP contribution in [0.3, 0.4) is 0 Å². The quantitative estimate of drug-likeness (QED) is 0.880. The van der Waals surface area contributed by atoms with Crippen molar-refractivity contribution in [3.05, 3.63) is 22.4 Å². The Morgan fingerprint density at radius 2 is 2.33 bits per heavy atom. The maximum atomic E-state index is 12.3. The number of hydrogen-bond donors (Lipinski definition) is 2. The summed E-state index contributed by atoms with van der Waals surface area (Å²) >= 11 is 1.69. The molecule has 0 aliphatic heterocycles. The van der Waals surface area contributed by atoms with E-state index < -0.39 is 0 Å². The first-order chi connectivity index (χ1) is 8.72. The number of amides is 1. The SMILES string of the molecule is C[C@@H](NC(=O)C1CCCCC1CN)c1cccs1. The maximum Gasteiger partial charge on any atom is 0.223 e. The van der Waals surface area contributed by atoms with Crippen LogP contribution in [0.1, 0.15) is 43.5 Å². The number of carbonyl (C=O) groups excluding carboxylic acids is 1. The fourth-order valence-corrected chi connectivity index (χ4v) is 3.50. The van der Waals surface area contributed by atoms with Crippen LogP contribution < -0.4 is 11.1 Å². The molecule has 1 aliphatic rings. The molecule has 1 aromatic heterocycles. The summed E-state index contributed by atoms with van der Waals surface area (Å²) in [5.41, 5.74) is 5.78. The van der Waals surface area contributed by atoms with E-state index in [2.05, 4.69) is 11.4 Å². The fraction of sp³-hybridized carbons (Fsp3) is 0.643. The molecule has 18 heavy (non-hydrogen) atoms. The molecule has 3 atom stereocenters. The third kappa shape index (κ3) is 3.12. The number of nitrogens with two attached hydrogens (primary N) is 1. The highest BCUT2D eigenvalue weighted by atomic mass is 32.1. The van der Waals surface area contributed by atoms with Crippen molar-refractivity contribution in [2.45, 2.75) is 38.6 Å². The van der Waals surface area contributed by atoms with Crippen LogP contribution >= 0.6 is 11.3 Å². The first-order valence-corrected chi connectivity index (χ1v) is 7.64. The minimum atomic E-state index is 0.109. The Labute approximate surface area is 113 Å². The van der Waals surface area contributed by atoms with Gasteiger partial charge in [-0.25, -0.2) is 0 Å². The molecule has 0 saturated heterocycles. The first-order valence-electron chi connectivity index (χ1n) is 6.76. The highest BCUT2D eigenvalue weighted by Crippen LogP contribution is 2.30. The van der Waals surface area contributed by atoms with Crippen LogP contribution in [0.5, 0.6) is 0 Å². The molecule has 2 unspecified atom stereocenters. The second-order valence-electron chi connectivity index (χ2n) is 5.13. The minimum absolute atomic E-state index is 0.109. The van der Waals surface area contributed by atoms with Crippen molar-refractivity contribution in [3.63, 3.8) is 0 Å². The Hall–Kier alpha value is -0.870. The predicted molar refractivity (Wildman–Crippen MR) is 75.4 cm³/mol. The summed E-state index contributed by atoms with van der Waals surface area (Å²) < 4.78 is 0. The van der Waals surface area contributed by atoms with Gasteiger partial charge < -0.3 is 11.1 Å². The Bertz CT molecular complexity index is 377. The summed E-state index contributed by atoms with van der Waals surface area (Å²) in [5.74, 6) is 0.673. The molecule has 4 heteroatoms.